The first-order chi connectivity index (χ1) is 9.75. The van der Waals surface area contributed by atoms with E-state index in [9.17, 15) is 0 Å². The van der Waals surface area contributed by atoms with E-state index in [1.165, 1.54) is 36.0 Å². The van der Waals surface area contributed by atoms with Crippen LogP contribution in [0.3, 0.4) is 0 Å². The van der Waals surface area contributed by atoms with E-state index < -0.39 is 0 Å². The van der Waals surface area contributed by atoms with E-state index in [0.717, 1.165) is 31.3 Å². The van der Waals surface area contributed by atoms with Crippen molar-refractivity contribution in [3.05, 3.63) is 40.7 Å². The first kappa shape index (κ1) is 13.2. The molecular formula is C16H22N4. The zero-order valence-corrected chi connectivity index (χ0v) is 12.3. The molecule has 1 aliphatic rings. The van der Waals surface area contributed by atoms with Crippen LogP contribution >= 0.6 is 0 Å². The van der Waals surface area contributed by atoms with Crippen LogP contribution in [0.4, 0.5) is 5.95 Å². The molecule has 4 heteroatoms. The second kappa shape index (κ2) is 5.65. The maximum absolute atomic E-state index is 4.32. The van der Waals surface area contributed by atoms with E-state index in [1.807, 2.05) is 0 Å². The lowest BCUT2D eigenvalue weighted by molar-refractivity contribution is 0.635. The van der Waals surface area contributed by atoms with Gasteiger partial charge in [-0.05, 0) is 43.4 Å². The Morgan fingerprint density at radius 1 is 1.10 bits per heavy atom. The predicted molar refractivity (Wildman–Crippen MR) is 80.8 cm³/mol. The molecule has 1 aromatic heterocycles. The van der Waals surface area contributed by atoms with Crippen LogP contribution < -0.4 is 5.32 Å². The number of hydrogen-bond donors (Lipinski definition) is 1. The molecule has 0 saturated carbocycles. The quantitative estimate of drug-likeness (QED) is 0.931. The smallest absolute Gasteiger partial charge is 0.224 e. The lowest BCUT2D eigenvalue weighted by atomic mass is 10.0. The fourth-order valence-electron chi connectivity index (χ4n) is 2.91. The van der Waals surface area contributed by atoms with Crippen LogP contribution in [0.15, 0.2) is 18.2 Å². The zero-order chi connectivity index (χ0) is 13.9. The number of nitrogens with zero attached hydrogens (tertiary/aromatic N) is 3. The summed E-state index contributed by atoms with van der Waals surface area (Å²) in [5, 5.41) is 12.1. The second-order valence-corrected chi connectivity index (χ2v) is 5.63. The maximum Gasteiger partial charge on any atom is 0.224 e. The van der Waals surface area contributed by atoms with Gasteiger partial charge in [-0.3, -0.25) is 4.57 Å². The van der Waals surface area contributed by atoms with E-state index in [4.69, 9.17) is 0 Å². The van der Waals surface area contributed by atoms with Crippen molar-refractivity contribution in [1.29, 1.82) is 0 Å². The van der Waals surface area contributed by atoms with Gasteiger partial charge in [0.1, 0.15) is 5.82 Å². The number of aryl methyl sites for hydroxylation is 3. The molecule has 2 heterocycles. The number of nitrogens with one attached hydrogen (secondary N) is 1. The van der Waals surface area contributed by atoms with Gasteiger partial charge in [-0.25, -0.2) is 0 Å². The third kappa shape index (κ3) is 2.55. The molecule has 3 rings (SSSR count). The maximum atomic E-state index is 4.32. The molecule has 0 radical (unpaired) electrons. The van der Waals surface area contributed by atoms with Crippen molar-refractivity contribution in [2.24, 2.45) is 0 Å². The largest absolute Gasteiger partial charge is 0.350 e. The molecule has 0 amide bonds. The number of fused-ring (bicyclic) bond motifs is 1. The Morgan fingerprint density at radius 2 is 1.90 bits per heavy atom. The van der Waals surface area contributed by atoms with Gasteiger partial charge >= 0.3 is 0 Å². The van der Waals surface area contributed by atoms with E-state index in [2.05, 4.69) is 52.1 Å². The summed E-state index contributed by atoms with van der Waals surface area (Å²) in [4.78, 5) is 0. The van der Waals surface area contributed by atoms with Crippen LogP contribution in [-0.4, -0.2) is 14.8 Å². The van der Waals surface area contributed by atoms with E-state index in [0.29, 0.717) is 0 Å². The van der Waals surface area contributed by atoms with Crippen LogP contribution in [0.5, 0.6) is 0 Å². The van der Waals surface area contributed by atoms with Crippen molar-refractivity contribution in [2.45, 2.75) is 52.6 Å². The highest BCUT2D eigenvalue weighted by atomic mass is 15.3. The summed E-state index contributed by atoms with van der Waals surface area (Å²) in [5.74, 6) is 2.05. The van der Waals surface area contributed by atoms with Crippen molar-refractivity contribution < 1.29 is 0 Å². The van der Waals surface area contributed by atoms with Gasteiger partial charge in [0.2, 0.25) is 5.95 Å². The van der Waals surface area contributed by atoms with E-state index in [-0.39, 0.29) is 0 Å². The minimum absolute atomic E-state index is 0.816. The second-order valence-electron chi connectivity index (χ2n) is 5.63. The molecule has 0 saturated heterocycles. The van der Waals surface area contributed by atoms with E-state index in [1.54, 1.807) is 0 Å². The minimum Gasteiger partial charge on any atom is -0.350 e. The lowest BCUT2D eigenvalue weighted by Crippen LogP contribution is -2.10. The molecule has 0 atom stereocenters. The molecule has 0 fully saturated rings. The van der Waals surface area contributed by atoms with Crippen molar-refractivity contribution >= 4 is 5.95 Å². The van der Waals surface area contributed by atoms with Crippen LogP contribution in [-0.2, 0) is 19.5 Å². The number of rotatable bonds is 3. The fourth-order valence-corrected chi connectivity index (χ4v) is 2.91. The minimum atomic E-state index is 0.816. The fraction of sp³-hybridized carbons (Fsp3) is 0.500. The van der Waals surface area contributed by atoms with Crippen LogP contribution in [0.2, 0.25) is 0 Å². The topological polar surface area (TPSA) is 42.7 Å². The highest BCUT2D eigenvalue weighted by Crippen LogP contribution is 2.19. The molecule has 0 bridgehead atoms. The summed E-state index contributed by atoms with van der Waals surface area (Å²) in [7, 11) is 0. The van der Waals surface area contributed by atoms with Crippen LogP contribution in [0.1, 0.15) is 41.8 Å². The van der Waals surface area contributed by atoms with Gasteiger partial charge in [0, 0.05) is 19.5 Å². The first-order valence-corrected chi connectivity index (χ1v) is 7.47. The number of aromatic nitrogens is 3. The normalized spacial score (nSPS) is 14.7. The molecule has 106 valence electrons. The first-order valence-electron chi connectivity index (χ1n) is 7.47. The highest BCUT2D eigenvalue weighted by molar-refractivity contribution is 5.37. The Labute approximate surface area is 120 Å². The number of benzene rings is 1. The van der Waals surface area contributed by atoms with Crippen molar-refractivity contribution in [3.8, 4) is 0 Å². The monoisotopic (exact) mass is 270 g/mol. The number of hydrogen-bond acceptors (Lipinski definition) is 3. The Morgan fingerprint density at radius 3 is 2.70 bits per heavy atom. The Bertz CT molecular complexity index is 580. The lowest BCUT2D eigenvalue weighted by Gasteiger charge is -2.12. The molecule has 0 spiro atoms. The van der Waals surface area contributed by atoms with Crippen molar-refractivity contribution in [2.75, 3.05) is 5.32 Å². The standard InChI is InChI=1S/C16H22N4/c1-12-7-6-8-13(2)14(12)11-17-16-19-18-15-9-4-3-5-10-20(15)16/h6-8H,3-5,9-11H2,1-2H3,(H,17,19). The Hall–Kier alpha value is -1.84. The summed E-state index contributed by atoms with van der Waals surface area (Å²) in [5.41, 5.74) is 4.01. The molecule has 1 aromatic carbocycles. The summed E-state index contributed by atoms with van der Waals surface area (Å²) >= 11 is 0. The summed E-state index contributed by atoms with van der Waals surface area (Å²) in [6.07, 6.45) is 4.80. The number of anilines is 1. The third-order valence-electron chi connectivity index (χ3n) is 4.18. The summed E-state index contributed by atoms with van der Waals surface area (Å²) in [6, 6.07) is 6.43. The van der Waals surface area contributed by atoms with Gasteiger partial charge in [0.25, 0.3) is 0 Å². The average molecular weight is 270 g/mol. The average Bonchev–Trinajstić information content (AvgIpc) is 2.67. The van der Waals surface area contributed by atoms with Crippen molar-refractivity contribution in [1.82, 2.24) is 14.8 Å². The zero-order valence-electron chi connectivity index (χ0n) is 12.3. The molecule has 0 unspecified atom stereocenters. The van der Waals surface area contributed by atoms with Crippen LogP contribution in [0.25, 0.3) is 0 Å². The third-order valence-corrected chi connectivity index (χ3v) is 4.18. The predicted octanol–water partition coefficient (Wildman–Crippen LogP) is 3.23. The molecule has 20 heavy (non-hydrogen) atoms. The Kier molecular flexibility index (Phi) is 3.72. The molecule has 1 N–H and O–H groups in total. The molecular weight excluding hydrogens is 248 g/mol. The molecule has 4 nitrogen and oxygen atoms in total. The van der Waals surface area contributed by atoms with Crippen LogP contribution in [0, 0.1) is 13.8 Å². The van der Waals surface area contributed by atoms with Crippen molar-refractivity contribution in [3.63, 3.8) is 0 Å². The van der Waals surface area contributed by atoms with Gasteiger partial charge in [0.05, 0.1) is 0 Å². The molecule has 0 aliphatic carbocycles. The van der Waals surface area contributed by atoms with Gasteiger partial charge < -0.3 is 5.32 Å². The Balaban J connectivity index is 1.77. The SMILES string of the molecule is Cc1cccc(C)c1CNc1nnc2n1CCCCC2. The van der Waals surface area contributed by atoms with Gasteiger partial charge in [-0.2, -0.15) is 0 Å². The van der Waals surface area contributed by atoms with Gasteiger partial charge in [0.15, 0.2) is 0 Å². The summed E-state index contributed by atoms with van der Waals surface area (Å²) in [6.45, 7) is 6.18. The van der Waals surface area contributed by atoms with E-state index >= 15 is 0 Å². The van der Waals surface area contributed by atoms with Gasteiger partial charge in [-0.15, -0.1) is 10.2 Å². The van der Waals surface area contributed by atoms with Gasteiger partial charge in [-0.1, -0.05) is 24.6 Å². The molecule has 1 aliphatic heterocycles. The molecule has 2 aromatic rings. The summed E-state index contributed by atoms with van der Waals surface area (Å²) < 4.78 is 2.25. The highest BCUT2D eigenvalue weighted by Gasteiger charge is 2.14.